The fourth-order valence-corrected chi connectivity index (χ4v) is 2.22. The molecule has 1 aliphatic carbocycles. The minimum atomic E-state index is -0.232. The lowest BCUT2D eigenvalue weighted by atomic mass is 10.0. The van der Waals surface area contributed by atoms with Gasteiger partial charge in [-0.05, 0) is 25.3 Å². The van der Waals surface area contributed by atoms with E-state index in [0.29, 0.717) is 18.0 Å². The Morgan fingerprint density at radius 3 is 2.88 bits per heavy atom. The molecule has 1 unspecified atom stereocenters. The third kappa shape index (κ3) is 3.37. The van der Waals surface area contributed by atoms with Crippen molar-refractivity contribution in [1.82, 2.24) is 0 Å². The summed E-state index contributed by atoms with van der Waals surface area (Å²) in [6, 6.07) is 6.60. The summed E-state index contributed by atoms with van der Waals surface area (Å²) >= 11 is 0. The van der Waals surface area contributed by atoms with Crippen LogP contribution >= 0.6 is 0 Å². The minimum absolute atomic E-state index is 0.177. The highest BCUT2D eigenvalue weighted by Crippen LogP contribution is 2.24. The fraction of sp³-hybridized carbons (Fsp3) is 0.500. The molecule has 1 aromatic carbocycles. The molecule has 0 bridgehead atoms. The van der Waals surface area contributed by atoms with Crippen molar-refractivity contribution in [3.8, 4) is 0 Å². The largest absolute Gasteiger partial charge is 0.377 e. The van der Waals surface area contributed by atoms with Crippen LogP contribution in [0.15, 0.2) is 24.3 Å². The molecule has 0 saturated heterocycles. The van der Waals surface area contributed by atoms with Crippen LogP contribution in [0.3, 0.4) is 0 Å². The van der Waals surface area contributed by atoms with Gasteiger partial charge < -0.3 is 4.74 Å². The van der Waals surface area contributed by atoms with E-state index in [1.54, 1.807) is 18.2 Å². The van der Waals surface area contributed by atoms with Crippen molar-refractivity contribution in [3.05, 3.63) is 35.6 Å². The quantitative estimate of drug-likeness (QED) is 0.734. The summed E-state index contributed by atoms with van der Waals surface area (Å²) in [5, 5.41) is 0. The first-order chi connectivity index (χ1) is 8.27. The molecule has 1 fully saturated rings. The number of rotatable bonds is 5. The Kier molecular flexibility index (Phi) is 4.26. The second-order valence-corrected chi connectivity index (χ2v) is 4.49. The molecule has 1 aromatic rings. The predicted octanol–water partition coefficient (Wildman–Crippen LogP) is 3.10. The molecule has 1 aliphatic rings. The molecule has 2 rings (SSSR count). The summed E-state index contributed by atoms with van der Waals surface area (Å²) in [7, 11) is 0. The van der Waals surface area contributed by atoms with E-state index in [2.05, 4.69) is 0 Å². The van der Waals surface area contributed by atoms with Crippen LogP contribution in [0.5, 0.6) is 0 Å². The zero-order chi connectivity index (χ0) is 12.1. The zero-order valence-corrected chi connectivity index (χ0v) is 9.82. The summed E-state index contributed by atoms with van der Waals surface area (Å²) < 4.78 is 18.7. The van der Waals surface area contributed by atoms with E-state index < -0.39 is 0 Å². The standard InChI is InChI=1S/C14H17FO2/c15-13-6-2-1-4-12(13)10-17-9-8-11-5-3-7-14(11)16/h1-2,4,6,11H,3,5,7-10H2. The Balaban J connectivity index is 1.70. The Hall–Kier alpha value is -1.22. The monoisotopic (exact) mass is 236 g/mol. The van der Waals surface area contributed by atoms with Crippen LogP contribution in [-0.2, 0) is 16.1 Å². The van der Waals surface area contributed by atoms with E-state index in [-0.39, 0.29) is 18.3 Å². The third-order valence-electron chi connectivity index (χ3n) is 3.26. The molecule has 0 radical (unpaired) electrons. The number of hydrogen-bond acceptors (Lipinski definition) is 2. The number of ketones is 1. The summed E-state index contributed by atoms with van der Waals surface area (Å²) in [6.45, 7) is 0.818. The molecule has 0 spiro atoms. The number of carbonyl (C=O) groups is 1. The molecule has 92 valence electrons. The van der Waals surface area contributed by atoms with E-state index in [0.717, 1.165) is 25.7 Å². The van der Waals surface area contributed by atoms with Gasteiger partial charge >= 0.3 is 0 Å². The molecule has 17 heavy (non-hydrogen) atoms. The maximum absolute atomic E-state index is 13.2. The molecule has 0 N–H and O–H groups in total. The van der Waals surface area contributed by atoms with Crippen LogP contribution < -0.4 is 0 Å². The van der Waals surface area contributed by atoms with Crippen molar-refractivity contribution < 1.29 is 13.9 Å². The third-order valence-corrected chi connectivity index (χ3v) is 3.26. The molecular weight excluding hydrogens is 219 g/mol. The second-order valence-electron chi connectivity index (χ2n) is 4.49. The molecular formula is C14H17FO2. The van der Waals surface area contributed by atoms with Crippen LogP contribution in [0.25, 0.3) is 0 Å². The summed E-state index contributed by atoms with van der Waals surface area (Å²) in [5.41, 5.74) is 0.574. The zero-order valence-electron chi connectivity index (χ0n) is 9.82. The van der Waals surface area contributed by atoms with Gasteiger partial charge in [0.05, 0.1) is 6.61 Å². The number of hydrogen-bond donors (Lipinski definition) is 0. The number of carbonyl (C=O) groups excluding carboxylic acids is 1. The molecule has 1 atom stereocenters. The molecule has 1 saturated carbocycles. The van der Waals surface area contributed by atoms with Gasteiger partial charge in [0.15, 0.2) is 0 Å². The van der Waals surface area contributed by atoms with Crippen molar-refractivity contribution >= 4 is 5.78 Å². The Morgan fingerprint density at radius 2 is 2.18 bits per heavy atom. The first-order valence-corrected chi connectivity index (χ1v) is 6.11. The van der Waals surface area contributed by atoms with Crippen LogP contribution in [0.4, 0.5) is 4.39 Å². The van der Waals surface area contributed by atoms with E-state index in [1.807, 2.05) is 0 Å². The predicted molar refractivity (Wildman–Crippen MR) is 63.0 cm³/mol. The number of benzene rings is 1. The normalized spacial score (nSPS) is 19.8. The van der Waals surface area contributed by atoms with E-state index in [1.165, 1.54) is 6.07 Å². The van der Waals surface area contributed by atoms with Crippen LogP contribution in [0, 0.1) is 11.7 Å². The number of ether oxygens (including phenoxy) is 1. The van der Waals surface area contributed by atoms with Crippen molar-refractivity contribution in [2.45, 2.75) is 32.3 Å². The molecule has 0 aromatic heterocycles. The van der Waals surface area contributed by atoms with Gasteiger partial charge in [-0.15, -0.1) is 0 Å². The lowest BCUT2D eigenvalue weighted by Gasteiger charge is -2.08. The van der Waals surface area contributed by atoms with Crippen LogP contribution in [0.1, 0.15) is 31.2 Å². The van der Waals surface area contributed by atoms with Gasteiger partial charge in [-0.2, -0.15) is 0 Å². The minimum Gasteiger partial charge on any atom is -0.377 e. The molecule has 0 aliphatic heterocycles. The highest BCUT2D eigenvalue weighted by Gasteiger charge is 2.23. The Bertz CT molecular complexity index is 390. The Morgan fingerprint density at radius 1 is 1.35 bits per heavy atom. The van der Waals surface area contributed by atoms with Crippen LogP contribution in [0.2, 0.25) is 0 Å². The first kappa shape index (κ1) is 12.2. The fourth-order valence-electron chi connectivity index (χ4n) is 2.22. The summed E-state index contributed by atoms with van der Waals surface area (Å²) in [4.78, 5) is 11.4. The average molecular weight is 236 g/mol. The van der Waals surface area contributed by atoms with Crippen molar-refractivity contribution in [3.63, 3.8) is 0 Å². The van der Waals surface area contributed by atoms with Gasteiger partial charge in [-0.3, -0.25) is 4.79 Å². The van der Waals surface area contributed by atoms with Gasteiger partial charge in [0.2, 0.25) is 0 Å². The SMILES string of the molecule is O=C1CCCC1CCOCc1ccccc1F. The highest BCUT2D eigenvalue weighted by molar-refractivity contribution is 5.82. The smallest absolute Gasteiger partial charge is 0.136 e. The molecule has 3 heteroatoms. The van der Waals surface area contributed by atoms with Crippen molar-refractivity contribution in [2.75, 3.05) is 6.61 Å². The second kappa shape index (κ2) is 5.92. The number of halogens is 1. The van der Waals surface area contributed by atoms with Gasteiger partial charge in [0.25, 0.3) is 0 Å². The summed E-state index contributed by atoms with van der Waals surface area (Å²) in [6.07, 6.45) is 3.49. The number of Topliss-reactive ketones (excluding diaryl/α,β-unsaturated/α-hetero) is 1. The lowest BCUT2D eigenvalue weighted by molar-refractivity contribution is -0.121. The first-order valence-electron chi connectivity index (χ1n) is 6.11. The maximum atomic E-state index is 13.2. The highest BCUT2D eigenvalue weighted by atomic mass is 19.1. The Labute approximate surface area is 101 Å². The molecule has 0 amide bonds. The van der Waals surface area contributed by atoms with Gasteiger partial charge in [0.1, 0.15) is 11.6 Å². The van der Waals surface area contributed by atoms with E-state index >= 15 is 0 Å². The molecule has 0 heterocycles. The summed E-state index contributed by atoms with van der Waals surface area (Å²) in [5.74, 6) is 0.305. The van der Waals surface area contributed by atoms with E-state index in [4.69, 9.17) is 4.74 Å². The van der Waals surface area contributed by atoms with Gasteiger partial charge in [0, 0.05) is 24.5 Å². The van der Waals surface area contributed by atoms with Gasteiger partial charge in [-0.1, -0.05) is 18.2 Å². The molecule has 2 nitrogen and oxygen atoms in total. The topological polar surface area (TPSA) is 26.3 Å². The van der Waals surface area contributed by atoms with Crippen molar-refractivity contribution in [2.24, 2.45) is 5.92 Å². The van der Waals surface area contributed by atoms with Gasteiger partial charge in [-0.25, -0.2) is 4.39 Å². The maximum Gasteiger partial charge on any atom is 0.136 e. The van der Waals surface area contributed by atoms with Crippen LogP contribution in [-0.4, -0.2) is 12.4 Å². The lowest BCUT2D eigenvalue weighted by Crippen LogP contribution is -2.10. The van der Waals surface area contributed by atoms with Crippen molar-refractivity contribution in [1.29, 1.82) is 0 Å². The van der Waals surface area contributed by atoms with E-state index in [9.17, 15) is 9.18 Å². The average Bonchev–Trinajstić information content (AvgIpc) is 2.73.